The van der Waals surface area contributed by atoms with Gasteiger partial charge in [0, 0.05) is 25.7 Å². The Balaban J connectivity index is 5.23. The van der Waals surface area contributed by atoms with Crippen LogP contribution in [0.5, 0.6) is 0 Å². The third kappa shape index (κ3) is 70.9. The normalized spacial score (nSPS) is 14.2. The molecule has 0 aromatic rings. The van der Waals surface area contributed by atoms with E-state index >= 15 is 0 Å². The largest absolute Gasteiger partial charge is 0.472 e. The van der Waals surface area contributed by atoms with E-state index in [-0.39, 0.29) is 25.7 Å². The summed E-state index contributed by atoms with van der Waals surface area (Å²) in [6.45, 7) is 9.68. The van der Waals surface area contributed by atoms with Crippen molar-refractivity contribution in [3.63, 3.8) is 0 Å². The monoisotopic (exact) mass is 1420 g/mol. The molecule has 0 saturated carbocycles. The fraction of sp³-hybridized carbons (Fsp3) is 0.949. The number of carbonyl (C=O) groups excluding carboxylic acids is 4. The van der Waals surface area contributed by atoms with Gasteiger partial charge in [0.15, 0.2) is 12.2 Å². The lowest BCUT2D eigenvalue weighted by molar-refractivity contribution is -0.161. The van der Waals surface area contributed by atoms with E-state index in [1.165, 1.54) is 225 Å². The van der Waals surface area contributed by atoms with E-state index in [1.54, 1.807) is 0 Å². The maximum Gasteiger partial charge on any atom is 0.472 e. The molecule has 0 heterocycles. The summed E-state index contributed by atoms with van der Waals surface area (Å²) in [6.07, 6.45) is 58.1. The van der Waals surface area contributed by atoms with Crippen molar-refractivity contribution < 1.29 is 80.2 Å². The van der Waals surface area contributed by atoms with E-state index in [4.69, 9.17) is 37.0 Å². The molecule has 0 fully saturated rings. The molecular formula is C78H152O17P2. The molecule has 0 saturated heterocycles. The molecule has 0 aliphatic heterocycles. The summed E-state index contributed by atoms with van der Waals surface area (Å²) in [5, 5.41) is 10.6. The van der Waals surface area contributed by atoms with Crippen molar-refractivity contribution in [2.75, 3.05) is 39.6 Å². The predicted octanol–water partition coefficient (Wildman–Crippen LogP) is 23.1. The van der Waals surface area contributed by atoms with E-state index in [9.17, 15) is 43.2 Å². The fourth-order valence-corrected chi connectivity index (χ4v) is 13.6. The minimum atomic E-state index is -4.96. The number of carbonyl (C=O) groups is 4. The molecule has 0 rings (SSSR count). The van der Waals surface area contributed by atoms with Gasteiger partial charge in [0.25, 0.3) is 0 Å². The van der Waals surface area contributed by atoms with Gasteiger partial charge in [0.2, 0.25) is 0 Å². The zero-order valence-electron chi connectivity index (χ0n) is 63.4. The van der Waals surface area contributed by atoms with Gasteiger partial charge < -0.3 is 33.8 Å². The van der Waals surface area contributed by atoms with Crippen LogP contribution in [0.2, 0.25) is 0 Å². The fourth-order valence-electron chi connectivity index (χ4n) is 12.0. The van der Waals surface area contributed by atoms with E-state index in [0.29, 0.717) is 25.7 Å². The van der Waals surface area contributed by atoms with Crippen LogP contribution in [-0.4, -0.2) is 96.7 Å². The number of hydrogen-bond donors (Lipinski definition) is 3. The van der Waals surface area contributed by atoms with Gasteiger partial charge in [0.1, 0.15) is 19.3 Å². The number of rotatable bonds is 77. The SMILES string of the molecule is CCCCCCCCCCCCCCCC(=O)O[C@H](COC(=O)CCCCCCCCCCC)COP(=O)(O)OC[C@H](O)COP(=O)(O)OC[C@@H](COC(=O)CCCCCCCCCCCCCCCCC(C)C)OC(=O)CCCCCCCCCCCCCCCCC(C)CC. The Hall–Kier alpha value is -1.94. The molecule has 0 spiro atoms. The van der Waals surface area contributed by atoms with E-state index in [0.717, 1.165) is 102 Å². The molecule has 0 aromatic carbocycles. The Labute approximate surface area is 594 Å². The first-order chi connectivity index (χ1) is 46.9. The second kappa shape index (κ2) is 69.8. The standard InChI is InChI=1S/C78H152O17P2/c1-7-10-12-14-16-18-19-24-32-38-44-50-56-62-77(82)94-73(66-88-75(80)60-54-48-42-34-17-15-13-11-8-2)68-92-96(84,85)90-64-72(79)65-91-97(86,87)93-69-74(67-89-76(81)61-55-49-43-37-31-27-22-20-25-29-35-40-46-52-58-70(4)5)95-78(83)63-57-51-45-39-33-28-23-21-26-30-36-41-47-53-59-71(6)9-3/h70-74,79H,7-69H2,1-6H3,(H,84,85)(H,86,87)/t71?,72-,73+,74+/m0/s1. The molecule has 6 atom stereocenters. The summed E-state index contributed by atoms with van der Waals surface area (Å²) >= 11 is 0. The highest BCUT2D eigenvalue weighted by atomic mass is 31.2. The first-order valence-electron chi connectivity index (χ1n) is 40.5. The minimum Gasteiger partial charge on any atom is -0.462 e. The van der Waals surface area contributed by atoms with Crippen LogP contribution in [0.25, 0.3) is 0 Å². The third-order valence-electron chi connectivity index (χ3n) is 18.6. The summed E-state index contributed by atoms with van der Waals surface area (Å²) in [5.74, 6) is -0.467. The van der Waals surface area contributed by atoms with Crippen LogP contribution < -0.4 is 0 Å². The molecule has 0 aliphatic rings. The molecular weight excluding hydrogens is 1270 g/mol. The molecule has 0 aromatic heterocycles. The van der Waals surface area contributed by atoms with Crippen molar-refractivity contribution in [1.82, 2.24) is 0 Å². The zero-order valence-corrected chi connectivity index (χ0v) is 65.2. The Kier molecular flexibility index (Phi) is 68.4. The lowest BCUT2D eigenvalue weighted by atomic mass is 9.99. The molecule has 0 aliphatic carbocycles. The molecule has 3 N–H and O–H groups in total. The summed E-state index contributed by atoms with van der Waals surface area (Å²) in [7, 11) is -9.91. The Morgan fingerprint density at radius 3 is 0.784 bits per heavy atom. The van der Waals surface area contributed by atoms with Gasteiger partial charge in [0.05, 0.1) is 26.4 Å². The third-order valence-corrected chi connectivity index (χ3v) is 20.5. The van der Waals surface area contributed by atoms with Crippen LogP contribution in [0.3, 0.4) is 0 Å². The van der Waals surface area contributed by atoms with E-state index in [1.807, 2.05) is 0 Å². The maximum absolute atomic E-state index is 13.1. The molecule has 576 valence electrons. The molecule has 0 amide bonds. The van der Waals surface area contributed by atoms with Gasteiger partial charge in [-0.2, -0.15) is 0 Å². The van der Waals surface area contributed by atoms with Gasteiger partial charge in [-0.15, -0.1) is 0 Å². The molecule has 17 nitrogen and oxygen atoms in total. The number of ether oxygens (including phenoxy) is 4. The quantitative estimate of drug-likeness (QED) is 0.0222. The minimum absolute atomic E-state index is 0.108. The van der Waals surface area contributed by atoms with Crippen LogP contribution in [0.15, 0.2) is 0 Å². The van der Waals surface area contributed by atoms with Crippen molar-refractivity contribution in [3.05, 3.63) is 0 Å². The van der Waals surface area contributed by atoms with Crippen molar-refractivity contribution in [2.24, 2.45) is 11.8 Å². The Morgan fingerprint density at radius 1 is 0.299 bits per heavy atom. The number of phosphoric acid groups is 2. The number of hydrogen-bond acceptors (Lipinski definition) is 15. The molecule has 97 heavy (non-hydrogen) atoms. The summed E-state index contributed by atoms with van der Waals surface area (Å²) < 4.78 is 68.6. The summed E-state index contributed by atoms with van der Waals surface area (Å²) in [4.78, 5) is 72.9. The lowest BCUT2D eigenvalue weighted by Gasteiger charge is -2.21. The van der Waals surface area contributed by atoms with Crippen LogP contribution in [0, 0.1) is 11.8 Å². The first-order valence-corrected chi connectivity index (χ1v) is 43.5. The van der Waals surface area contributed by atoms with Crippen molar-refractivity contribution >= 4 is 39.5 Å². The number of esters is 4. The maximum atomic E-state index is 13.1. The van der Waals surface area contributed by atoms with Crippen LogP contribution in [0.1, 0.15) is 408 Å². The number of aliphatic hydroxyl groups excluding tert-OH is 1. The summed E-state index contributed by atoms with van der Waals surface area (Å²) in [5.41, 5.74) is 0. The molecule has 0 bridgehead atoms. The second-order valence-corrected chi connectivity index (χ2v) is 31.7. The Bertz CT molecular complexity index is 1870. The van der Waals surface area contributed by atoms with Crippen LogP contribution >= 0.6 is 15.6 Å². The van der Waals surface area contributed by atoms with Crippen LogP contribution in [0.4, 0.5) is 0 Å². The highest BCUT2D eigenvalue weighted by Crippen LogP contribution is 2.45. The first kappa shape index (κ1) is 95.1. The van der Waals surface area contributed by atoms with E-state index < -0.39 is 97.5 Å². The average Bonchev–Trinajstić information content (AvgIpc) is 2.13. The lowest BCUT2D eigenvalue weighted by Crippen LogP contribution is -2.30. The predicted molar refractivity (Wildman–Crippen MR) is 395 cm³/mol. The highest BCUT2D eigenvalue weighted by Gasteiger charge is 2.30. The molecule has 19 heteroatoms. The topological polar surface area (TPSA) is 237 Å². The van der Waals surface area contributed by atoms with E-state index in [2.05, 4.69) is 41.5 Å². The van der Waals surface area contributed by atoms with Gasteiger partial charge in [-0.3, -0.25) is 37.3 Å². The molecule has 0 radical (unpaired) electrons. The number of aliphatic hydroxyl groups is 1. The average molecular weight is 1420 g/mol. The highest BCUT2D eigenvalue weighted by molar-refractivity contribution is 7.47. The molecule has 3 unspecified atom stereocenters. The van der Waals surface area contributed by atoms with Gasteiger partial charge >= 0.3 is 39.5 Å². The summed E-state index contributed by atoms with van der Waals surface area (Å²) in [6, 6.07) is 0. The van der Waals surface area contributed by atoms with Gasteiger partial charge in [-0.25, -0.2) is 9.13 Å². The number of phosphoric ester groups is 2. The zero-order chi connectivity index (χ0) is 71.4. The smallest absolute Gasteiger partial charge is 0.462 e. The number of unbranched alkanes of at least 4 members (excludes halogenated alkanes) is 46. The van der Waals surface area contributed by atoms with Gasteiger partial charge in [-0.05, 0) is 37.5 Å². The Morgan fingerprint density at radius 2 is 0.526 bits per heavy atom. The second-order valence-electron chi connectivity index (χ2n) is 28.8. The van der Waals surface area contributed by atoms with Crippen molar-refractivity contribution in [2.45, 2.75) is 426 Å². The van der Waals surface area contributed by atoms with Crippen LogP contribution in [-0.2, 0) is 65.4 Å². The van der Waals surface area contributed by atoms with Crippen molar-refractivity contribution in [3.8, 4) is 0 Å². The van der Waals surface area contributed by atoms with Gasteiger partial charge in [-0.1, -0.05) is 356 Å². The van der Waals surface area contributed by atoms with Crippen molar-refractivity contribution in [1.29, 1.82) is 0 Å².